The van der Waals surface area contributed by atoms with E-state index in [1.54, 1.807) is 0 Å². The van der Waals surface area contributed by atoms with Crippen LogP contribution in [-0.4, -0.2) is 17.2 Å². The van der Waals surface area contributed by atoms with Crippen molar-refractivity contribution in [1.82, 2.24) is 15.5 Å². The van der Waals surface area contributed by atoms with Gasteiger partial charge in [0.05, 0.1) is 6.20 Å². The van der Waals surface area contributed by atoms with E-state index in [1.807, 2.05) is 27.1 Å². The molecular weight excluding hydrogens is 210 g/mol. The molecule has 1 saturated carbocycles. The Kier molecular flexibility index (Phi) is 6.27. The first-order valence-corrected chi connectivity index (χ1v) is 6.98. The average molecular weight is 237 g/mol. The predicted molar refractivity (Wildman–Crippen MR) is 73.1 cm³/mol. The maximum Gasteiger partial charge on any atom is 0.0535 e. The normalized spacial score (nSPS) is 24.0. The maximum absolute atomic E-state index is 4.17. The average Bonchev–Trinajstić information content (AvgIpc) is 2.82. The molecule has 17 heavy (non-hydrogen) atoms. The molecule has 1 aliphatic rings. The van der Waals surface area contributed by atoms with Gasteiger partial charge in [0, 0.05) is 23.7 Å². The SMILES string of the molecule is CC.CNCc1cn[nH]c1C1CCC(C)CC1. The lowest BCUT2D eigenvalue weighted by molar-refractivity contribution is 0.342. The molecule has 1 aromatic rings. The number of aromatic amines is 1. The van der Waals surface area contributed by atoms with Crippen molar-refractivity contribution in [2.75, 3.05) is 7.05 Å². The van der Waals surface area contributed by atoms with E-state index in [1.165, 1.54) is 36.9 Å². The van der Waals surface area contributed by atoms with E-state index >= 15 is 0 Å². The number of rotatable bonds is 3. The van der Waals surface area contributed by atoms with Crippen LogP contribution in [0.4, 0.5) is 0 Å². The van der Waals surface area contributed by atoms with Crippen LogP contribution >= 0.6 is 0 Å². The van der Waals surface area contributed by atoms with Gasteiger partial charge in [-0.1, -0.05) is 33.6 Å². The highest BCUT2D eigenvalue weighted by Gasteiger charge is 2.22. The van der Waals surface area contributed by atoms with E-state index in [4.69, 9.17) is 0 Å². The molecule has 3 nitrogen and oxygen atoms in total. The molecule has 3 heteroatoms. The Morgan fingerprint density at radius 1 is 1.29 bits per heavy atom. The molecule has 1 aliphatic carbocycles. The van der Waals surface area contributed by atoms with Crippen LogP contribution in [0.25, 0.3) is 0 Å². The summed E-state index contributed by atoms with van der Waals surface area (Å²) in [6.07, 6.45) is 7.33. The Labute approximate surface area is 105 Å². The van der Waals surface area contributed by atoms with E-state index in [0.29, 0.717) is 5.92 Å². The fraction of sp³-hybridized carbons (Fsp3) is 0.786. The molecule has 0 aromatic carbocycles. The third-order valence-electron chi connectivity index (χ3n) is 3.54. The third-order valence-corrected chi connectivity index (χ3v) is 3.54. The van der Waals surface area contributed by atoms with Gasteiger partial charge in [-0.15, -0.1) is 0 Å². The minimum Gasteiger partial charge on any atom is -0.316 e. The summed E-state index contributed by atoms with van der Waals surface area (Å²) < 4.78 is 0. The molecule has 1 fully saturated rings. The first-order chi connectivity index (χ1) is 8.31. The van der Waals surface area contributed by atoms with Crippen LogP contribution in [0.1, 0.15) is 63.6 Å². The second-order valence-corrected chi connectivity index (χ2v) is 4.80. The fourth-order valence-corrected chi connectivity index (χ4v) is 2.55. The smallest absolute Gasteiger partial charge is 0.0535 e. The summed E-state index contributed by atoms with van der Waals surface area (Å²) in [6.45, 7) is 7.29. The lowest BCUT2D eigenvalue weighted by Gasteiger charge is -2.26. The molecule has 0 amide bonds. The molecule has 0 atom stereocenters. The molecule has 1 heterocycles. The standard InChI is InChI=1S/C12H21N3.C2H6/c1-9-3-5-10(6-4-9)12-11(7-13-2)8-14-15-12;1-2/h8-10,13H,3-7H2,1-2H3,(H,14,15);1-2H3. The van der Waals surface area contributed by atoms with Crippen LogP contribution in [0.2, 0.25) is 0 Å². The lowest BCUT2D eigenvalue weighted by Crippen LogP contribution is -2.14. The Bertz CT molecular complexity index is 298. The predicted octanol–water partition coefficient (Wildman–Crippen LogP) is 3.45. The van der Waals surface area contributed by atoms with Crippen molar-refractivity contribution in [2.24, 2.45) is 5.92 Å². The third kappa shape index (κ3) is 3.84. The highest BCUT2D eigenvalue weighted by Crippen LogP contribution is 2.35. The summed E-state index contributed by atoms with van der Waals surface area (Å²) in [7, 11) is 1.99. The van der Waals surface area contributed by atoms with Gasteiger partial charge in [-0.05, 0) is 25.8 Å². The van der Waals surface area contributed by atoms with Crippen LogP contribution in [0.5, 0.6) is 0 Å². The summed E-state index contributed by atoms with van der Waals surface area (Å²) in [5, 5.41) is 10.6. The van der Waals surface area contributed by atoms with Crippen LogP contribution < -0.4 is 5.32 Å². The van der Waals surface area contributed by atoms with Gasteiger partial charge in [0.25, 0.3) is 0 Å². The monoisotopic (exact) mass is 237 g/mol. The zero-order valence-corrected chi connectivity index (χ0v) is 11.7. The van der Waals surface area contributed by atoms with Gasteiger partial charge in [-0.25, -0.2) is 0 Å². The van der Waals surface area contributed by atoms with Crippen LogP contribution in [0.3, 0.4) is 0 Å². The molecule has 0 bridgehead atoms. The van der Waals surface area contributed by atoms with Crippen molar-refractivity contribution in [2.45, 2.75) is 58.9 Å². The van der Waals surface area contributed by atoms with Crippen molar-refractivity contribution < 1.29 is 0 Å². The Balaban J connectivity index is 0.000000686. The van der Waals surface area contributed by atoms with E-state index < -0.39 is 0 Å². The zero-order valence-electron chi connectivity index (χ0n) is 11.7. The van der Waals surface area contributed by atoms with Crippen LogP contribution in [0, 0.1) is 5.92 Å². The summed E-state index contributed by atoms with van der Waals surface area (Å²) >= 11 is 0. The highest BCUT2D eigenvalue weighted by molar-refractivity contribution is 5.20. The number of aromatic nitrogens is 2. The van der Waals surface area contributed by atoms with Crippen molar-refractivity contribution in [3.63, 3.8) is 0 Å². The fourth-order valence-electron chi connectivity index (χ4n) is 2.55. The van der Waals surface area contributed by atoms with Crippen molar-refractivity contribution in [3.8, 4) is 0 Å². The largest absolute Gasteiger partial charge is 0.316 e. The minimum atomic E-state index is 0.715. The number of nitrogens with one attached hydrogen (secondary N) is 2. The quantitative estimate of drug-likeness (QED) is 0.845. The van der Waals surface area contributed by atoms with Crippen LogP contribution in [-0.2, 0) is 6.54 Å². The van der Waals surface area contributed by atoms with Gasteiger partial charge in [0.15, 0.2) is 0 Å². The summed E-state index contributed by atoms with van der Waals surface area (Å²) in [6, 6.07) is 0. The van der Waals surface area contributed by atoms with E-state index in [0.717, 1.165) is 12.5 Å². The topological polar surface area (TPSA) is 40.7 Å². The number of hydrogen-bond donors (Lipinski definition) is 2. The van der Waals surface area contributed by atoms with E-state index in [2.05, 4.69) is 22.4 Å². The summed E-state index contributed by atoms with van der Waals surface area (Å²) in [5.41, 5.74) is 2.72. The Hall–Kier alpha value is -0.830. The van der Waals surface area contributed by atoms with Crippen molar-refractivity contribution in [3.05, 3.63) is 17.5 Å². The van der Waals surface area contributed by atoms with Crippen LogP contribution in [0.15, 0.2) is 6.20 Å². The second-order valence-electron chi connectivity index (χ2n) is 4.80. The first kappa shape index (κ1) is 14.2. The number of hydrogen-bond acceptors (Lipinski definition) is 2. The van der Waals surface area contributed by atoms with E-state index in [9.17, 15) is 0 Å². The molecule has 98 valence electrons. The minimum absolute atomic E-state index is 0.715. The van der Waals surface area contributed by atoms with Gasteiger partial charge in [0.2, 0.25) is 0 Å². The molecule has 0 saturated heterocycles. The first-order valence-electron chi connectivity index (χ1n) is 6.98. The number of nitrogens with zero attached hydrogens (tertiary/aromatic N) is 1. The summed E-state index contributed by atoms with van der Waals surface area (Å²) in [4.78, 5) is 0. The molecule has 2 N–H and O–H groups in total. The molecule has 0 aliphatic heterocycles. The Morgan fingerprint density at radius 2 is 1.94 bits per heavy atom. The lowest BCUT2D eigenvalue weighted by atomic mass is 9.80. The number of H-pyrrole nitrogens is 1. The second kappa shape index (κ2) is 7.49. The maximum atomic E-state index is 4.17. The van der Waals surface area contributed by atoms with Gasteiger partial charge in [0.1, 0.15) is 0 Å². The zero-order chi connectivity index (χ0) is 12.7. The van der Waals surface area contributed by atoms with Crippen molar-refractivity contribution >= 4 is 0 Å². The molecule has 0 radical (unpaired) electrons. The highest BCUT2D eigenvalue weighted by atomic mass is 15.1. The molecule has 0 unspecified atom stereocenters. The Morgan fingerprint density at radius 3 is 2.53 bits per heavy atom. The van der Waals surface area contributed by atoms with Gasteiger partial charge in [-0.3, -0.25) is 5.10 Å². The molecule has 1 aromatic heterocycles. The van der Waals surface area contributed by atoms with Crippen molar-refractivity contribution in [1.29, 1.82) is 0 Å². The van der Waals surface area contributed by atoms with Gasteiger partial charge in [-0.2, -0.15) is 5.10 Å². The molecule has 2 rings (SSSR count). The summed E-state index contributed by atoms with van der Waals surface area (Å²) in [5.74, 6) is 1.63. The van der Waals surface area contributed by atoms with E-state index in [-0.39, 0.29) is 0 Å². The molecular formula is C14H27N3. The molecule has 0 spiro atoms. The van der Waals surface area contributed by atoms with Gasteiger partial charge >= 0.3 is 0 Å². The van der Waals surface area contributed by atoms with Gasteiger partial charge < -0.3 is 5.32 Å².